The molecule has 0 N–H and O–H groups in total. The molecule has 6 rings (SSSR count). The number of hydrogen-bond donors (Lipinski definition) is 0. The largest absolute Gasteiger partial charge is 0.464 e. The van der Waals surface area contributed by atoms with Crippen molar-refractivity contribution in [3.8, 4) is 22.8 Å². The van der Waals surface area contributed by atoms with Crippen molar-refractivity contribution in [2.45, 2.75) is 65.2 Å². The molecular weight excluding hydrogens is 394 g/mol. The Hall–Kier alpha value is -2.81. The first-order chi connectivity index (χ1) is 15.5. The summed E-state index contributed by atoms with van der Waals surface area (Å²) in [6, 6.07) is 11.1. The van der Waals surface area contributed by atoms with Crippen molar-refractivity contribution >= 4 is 21.7 Å². The van der Waals surface area contributed by atoms with Gasteiger partial charge in [0, 0.05) is 17.5 Å². The first kappa shape index (κ1) is 19.8. The standard InChI is InChI=1S/C29H32NO2/c1-5-29(6-2)11-7-19(8-12-29)21-15-20-9-13-30(4)28-26-18(3)22-10-14-31-23(22)17-25(26)32-24(16-21)27(20)28/h9-10,13-17,19H,5-8,11-12H2,1-4H3/q+1. The van der Waals surface area contributed by atoms with Crippen LogP contribution in [0.1, 0.15) is 69.4 Å². The molecule has 4 aromatic rings. The molecule has 3 heteroatoms. The third-order valence-corrected chi connectivity index (χ3v) is 8.68. The number of rotatable bonds is 3. The van der Waals surface area contributed by atoms with Gasteiger partial charge in [0.25, 0.3) is 0 Å². The van der Waals surface area contributed by atoms with Gasteiger partial charge >= 0.3 is 0 Å². The van der Waals surface area contributed by atoms with E-state index in [9.17, 15) is 0 Å². The second-order valence-corrected chi connectivity index (χ2v) is 10.0. The number of benzene rings is 2. The first-order valence-electron chi connectivity index (χ1n) is 12.2. The maximum atomic E-state index is 6.60. The van der Waals surface area contributed by atoms with E-state index in [4.69, 9.17) is 9.15 Å². The number of furan rings is 1. The zero-order valence-corrected chi connectivity index (χ0v) is 19.6. The zero-order valence-electron chi connectivity index (χ0n) is 19.6. The quantitative estimate of drug-likeness (QED) is 0.274. The van der Waals surface area contributed by atoms with Crippen LogP contribution in [0.15, 0.2) is 47.2 Å². The average molecular weight is 427 g/mol. The van der Waals surface area contributed by atoms with Crippen molar-refractivity contribution < 1.29 is 13.7 Å². The van der Waals surface area contributed by atoms with Gasteiger partial charge in [0.1, 0.15) is 24.1 Å². The second-order valence-electron chi connectivity index (χ2n) is 10.0. The fourth-order valence-corrected chi connectivity index (χ4v) is 6.37. The van der Waals surface area contributed by atoms with Gasteiger partial charge in [-0.1, -0.05) is 32.8 Å². The summed E-state index contributed by atoms with van der Waals surface area (Å²) < 4.78 is 14.6. The van der Waals surface area contributed by atoms with Crippen molar-refractivity contribution in [3.63, 3.8) is 0 Å². The van der Waals surface area contributed by atoms with Gasteiger partial charge in [-0.2, -0.15) is 0 Å². The van der Waals surface area contributed by atoms with Gasteiger partial charge in [0.05, 0.1) is 17.2 Å². The van der Waals surface area contributed by atoms with E-state index in [2.05, 4.69) is 68.9 Å². The Labute approximate surface area is 190 Å². The van der Waals surface area contributed by atoms with Crippen LogP contribution >= 0.6 is 0 Å². The number of aromatic nitrogens is 1. The van der Waals surface area contributed by atoms with Crippen LogP contribution < -0.4 is 9.30 Å². The van der Waals surface area contributed by atoms with Crippen molar-refractivity contribution in [2.75, 3.05) is 0 Å². The van der Waals surface area contributed by atoms with E-state index in [1.54, 1.807) is 6.26 Å². The normalized spacial score (nSPS) is 17.5. The molecule has 1 aliphatic heterocycles. The molecule has 3 nitrogen and oxygen atoms in total. The van der Waals surface area contributed by atoms with Gasteiger partial charge in [0.2, 0.25) is 5.69 Å². The van der Waals surface area contributed by atoms with Crippen LogP contribution in [0.4, 0.5) is 0 Å². The molecule has 1 saturated carbocycles. The van der Waals surface area contributed by atoms with E-state index in [0.717, 1.165) is 22.5 Å². The van der Waals surface area contributed by atoms with E-state index in [1.165, 1.54) is 71.7 Å². The minimum Gasteiger partial charge on any atom is -0.464 e. The van der Waals surface area contributed by atoms with Gasteiger partial charge < -0.3 is 9.15 Å². The van der Waals surface area contributed by atoms with Gasteiger partial charge in [0.15, 0.2) is 6.20 Å². The molecule has 0 unspecified atom stereocenters. The Bertz CT molecular complexity index is 1350. The maximum Gasteiger partial charge on any atom is 0.228 e. The van der Waals surface area contributed by atoms with E-state index >= 15 is 0 Å². The van der Waals surface area contributed by atoms with Gasteiger partial charge in [-0.05, 0) is 72.6 Å². The van der Waals surface area contributed by atoms with Crippen LogP contribution in [0, 0.1) is 12.3 Å². The van der Waals surface area contributed by atoms with Crippen molar-refractivity contribution in [3.05, 3.63) is 53.9 Å². The summed E-state index contributed by atoms with van der Waals surface area (Å²) in [5.74, 6) is 2.51. The Morgan fingerprint density at radius 1 is 1.03 bits per heavy atom. The third-order valence-electron chi connectivity index (χ3n) is 8.68. The number of aryl methyl sites for hydroxylation is 2. The minimum atomic E-state index is 0.559. The minimum absolute atomic E-state index is 0.559. The highest BCUT2D eigenvalue weighted by Crippen LogP contribution is 2.51. The number of hydrogen-bond acceptors (Lipinski definition) is 2. The molecule has 32 heavy (non-hydrogen) atoms. The molecule has 0 atom stereocenters. The Morgan fingerprint density at radius 2 is 1.81 bits per heavy atom. The summed E-state index contributed by atoms with van der Waals surface area (Å²) in [5, 5.41) is 3.66. The van der Waals surface area contributed by atoms with E-state index < -0.39 is 0 Å². The van der Waals surface area contributed by atoms with Gasteiger partial charge in [-0.3, -0.25) is 0 Å². The molecule has 1 aliphatic carbocycles. The SMILES string of the molecule is CCC1(CC)CCC(c2cc3c4c([n+](C)ccc4c2)-c2c(cc4occc4c2C)O3)CC1. The molecule has 2 aliphatic rings. The predicted molar refractivity (Wildman–Crippen MR) is 129 cm³/mol. The Kier molecular flexibility index (Phi) is 4.40. The van der Waals surface area contributed by atoms with Crippen molar-refractivity contribution in [1.29, 1.82) is 0 Å². The summed E-state index contributed by atoms with van der Waals surface area (Å²) in [7, 11) is 2.14. The monoisotopic (exact) mass is 426 g/mol. The van der Waals surface area contributed by atoms with Crippen LogP contribution in [-0.4, -0.2) is 0 Å². The van der Waals surface area contributed by atoms with Gasteiger partial charge in [-0.15, -0.1) is 0 Å². The van der Waals surface area contributed by atoms with E-state index in [-0.39, 0.29) is 0 Å². The molecule has 3 heterocycles. The molecule has 0 radical (unpaired) electrons. The van der Waals surface area contributed by atoms with Crippen LogP contribution in [-0.2, 0) is 7.05 Å². The molecule has 1 fully saturated rings. The number of pyridine rings is 1. The van der Waals surface area contributed by atoms with Crippen LogP contribution in [0.2, 0.25) is 0 Å². The van der Waals surface area contributed by atoms with Crippen molar-refractivity contribution in [1.82, 2.24) is 0 Å². The molecule has 0 saturated heterocycles. The van der Waals surface area contributed by atoms with Crippen LogP contribution in [0.3, 0.4) is 0 Å². The lowest BCUT2D eigenvalue weighted by Crippen LogP contribution is -2.32. The van der Waals surface area contributed by atoms with Crippen LogP contribution in [0.25, 0.3) is 33.0 Å². The van der Waals surface area contributed by atoms with E-state index in [0.29, 0.717) is 11.3 Å². The highest BCUT2D eigenvalue weighted by Gasteiger charge is 2.35. The fourth-order valence-electron chi connectivity index (χ4n) is 6.37. The second kappa shape index (κ2) is 7.10. The molecule has 2 aromatic carbocycles. The molecule has 164 valence electrons. The molecule has 0 amide bonds. The average Bonchev–Trinajstić information content (AvgIpc) is 3.29. The maximum absolute atomic E-state index is 6.60. The summed E-state index contributed by atoms with van der Waals surface area (Å²) in [6.45, 7) is 6.91. The van der Waals surface area contributed by atoms with Gasteiger partial charge in [-0.25, -0.2) is 4.57 Å². The summed E-state index contributed by atoms with van der Waals surface area (Å²) in [6.07, 6.45) is 11.8. The number of nitrogens with zero attached hydrogens (tertiary/aromatic N) is 1. The zero-order chi connectivity index (χ0) is 22.0. The van der Waals surface area contributed by atoms with E-state index in [1.807, 2.05) is 0 Å². The topological polar surface area (TPSA) is 26.2 Å². The lowest BCUT2D eigenvalue weighted by Gasteiger charge is -2.39. The van der Waals surface area contributed by atoms with Crippen LogP contribution in [0.5, 0.6) is 11.5 Å². The smallest absolute Gasteiger partial charge is 0.228 e. The summed E-state index contributed by atoms with van der Waals surface area (Å²) >= 11 is 0. The Balaban J connectivity index is 1.50. The van der Waals surface area contributed by atoms with Crippen molar-refractivity contribution in [2.24, 2.45) is 12.5 Å². The lowest BCUT2D eigenvalue weighted by atomic mass is 9.66. The molecule has 2 aromatic heterocycles. The summed E-state index contributed by atoms with van der Waals surface area (Å²) in [5.41, 5.74) is 6.52. The number of ether oxygens (including phenoxy) is 1. The summed E-state index contributed by atoms with van der Waals surface area (Å²) in [4.78, 5) is 0. The molecule has 0 spiro atoms. The highest BCUT2D eigenvalue weighted by atomic mass is 16.5. The predicted octanol–water partition coefficient (Wildman–Crippen LogP) is 7.96. The Morgan fingerprint density at radius 3 is 2.56 bits per heavy atom. The fraction of sp³-hybridized carbons (Fsp3) is 0.414. The molecular formula is C29H32NO2+. The third kappa shape index (κ3) is 2.76. The first-order valence-corrected chi connectivity index (χ1v) is 12.2. The highest BCUT2D eigenvalue weighted by molar-refractivity contribution is 6.04. The molecule has 0 bridgehead atoms. The lowest BCUT2D eigenvalue weighted by molar-refractivity contribution is -0.659. The number of fused-ring (bicyclic) bond motifs is 3.